The predicted octanol–water partition coefficient (Wildman–Crippen LogP) is -0.206. The van der Waals surface area contributed by atoms with Gasteiger partial charge in [0.1, 0.15) is 11.1 Å². The monoisotopic (exact) mass is 333 g/mol. The fourth-order valence-corrected chi connectivity index (χ4v) is 4.58. The van der Waals surface area contributed by atoms with Crippen molar-refractivity contribution in [3.8, 4) is 6.07 Å². The lowest BCUT2D eigenvalue weighted by atomic mass is 10.1. The number of aryl methyl sites for hydroxylation is 1. The first kappa shape index (κ1) is 16.0. The van der Waals surface area contributed by atoms with Crippen molar-refractivity contribution in [2.75, 3.05) is 38.0 Å². The van der Waals surface area contributed by atoms with Gasteiger partial charge in [-0.3, -0.25) is 9.59 Å². The number of hydrogen-bond donors (Lipinski definition) is 2. The third-order valence-corrected chi connectivity index (χ3v) is 5.82. The van der Waals surface area contributed by atoms with Gasteiger partial charge in [-0.15, -0.1) is 11.3 Å². The van der Waals surface area contributed by atoms with Crippen LogP contribution in [0.15, 0.2) is 0 Å². The maximum atomic E-state index is 12.3. The average Bonchev–Trinajstić information content (AvgIpc) is 3.08. The fraction of sp³-hybridized carbons (Fsp3) is 0.562. The molecule has 1 saturated heterocycles. The molecule has 6 nitrogen and oxygen atoms in total. The normalized spacial score (nSPS) is 17.7. The van der Waals surface area contributed by atoms with E-state index in [1.165, 1.54) is 9.78 Å². The molecule has 2 aliphatic rings. The second-order valence-electron chi connectivity index (χ2n) is 6.15. The first-order valence-corrected chi connectivity index (χ1v) is 8.83. The maximum Gasteiger partial charge on any atom is 0.280 e. The molecule has 1 aromatic heterocycles. The Morgan fingerprint density at radius 3 is 2.74 bits per heavy atom. The van der Waals surface area contributed by atoms with Gasteiger partial charge in [0.25, 0.3) is 5.91 Å². The third kappa shape index (κ3) is 3.38. The van der Waals surface area contributed by atoms with E-state index in [-0.39, 0.29) is 11.8 Å². The highest BCUT2D eigenvalue weighted by Gasteiger charge is 2.26. The summed E-state index contributed by atoms with van der Waals surface area (Å²) in [5.74, 6) is 0.0490. The first-order chi connectivity index (χ1) is 11.1. The molecule has 122 valence electrons. The van der Waals surface area contributed by atoms with Gasteiger partial charge < -0.3 is 15.1 Å². The van der Waals surface area contributed by atoms with Crippen molar-refractivity contribution in [3.63, 3.8) is 0 Å². The number of nitriles is 1. The Kier molecular flexibility index (Phi) is 4.64. The summed E-state index contributed by atoms with van der Waals surface area (Å²) in [6.07, 6.45) is 3.07. The first-order valence-electron chi connectivity index (χ1n) is 8.02. The van der Waals surface area contributed by atoms with E-state index in [0.717, 1.165) is 37.9 Å². The summed E-state index contributed by atoms with van der Waals surface area (Å²) in [4.78, 5) is 27.8. The Bertz CT molecular complexity index is 668. The van der Waals surface area contributed by atoms with Crippen LogP contribution in [0.2, 0.25) is 0 Å². The van der Waals surface area contributed by atoms with Crippen LogP contribution in [-0.4, -0.2) is 49.4 Å². The molecule has 2 N–H and O–H groups in total. The minimum atomic E-state index is -0.0484. The Balaban J connectivity index is 1.57. The number of thiophene rings is 1. The van der Waals surface area contributed by atoms with E-state index in [4.69, 9.17) is 0 Å². The second-order valence-corrected chi connectivity index (χ2v) is 7.26. The van der Waals surface area contributed by atoms with Gasteiger partial charge in [-0.2, -0.15) is 5.26 Å². The zero-order valence-corrected chi connectivity index (χ0v) is 14.1. The molecule has 7 heteroatoms. The Morgan fingerprint density at radius 1 is 1.35 bits per heavy atom. The van der Waals surface area contributed by atoms with Gasteiger partial charge in [0.05, 0.1) is 31.7 Å². The van der Waals surface area contributed by atoms with Crippen LogP contribution in [0.5, 0.6) is 0 Å². The molecular formula is C16H21N4O2S+. The molecule has 1 aromatic rings. The molecule has 1 fully saturated rings. The van der Waals surface area contributed by atoms with Gasteiger partial charge in [0, 0.05) is 11.8 Å². The topological polar surface area (TPSA) is 77.6 Å². The van der Waals surface area contributed by atoms with Crippen molar-refractivity contribution < 1.29 is 14.5 Å². The zero-order chi connectivity index (χ0) is 16.4. The summed E-state index contributed by atoms with van der Waals surface area (Å²) in [5, 5.41) is 13.0. The van der Waals surface area contributed by atoms with Gasteiger partial charge in [0.2, 0.25) is 5.91 Å². The van der Waals surface area contributed by atoms with Crippen molar-refractivity contribution in [1.29, 1.82) is 5.26 Å². The molecule has 0 atom stereocenters. The van der Waals surface area contributed by atoms with Crippen LogP contribution in [0.4, 0.5) is 5.00 Å². The Hall–Kier alpha value is -1.91. The van der Waals surface area contributed by atoms with Gasteiger partial charge >= 0.3 is 0 Å². The number of quaternary nitrogens is 1. The number of nitrogens with zero attached hydrogens (tertiary/aromatic N) is 2. The fourth-order valence-electron chi connectivity index (χ4n) is 3.32. The summed E-state index contributed by atoms with van der Waals surface area (Å²) in [5.41, 5.74) is 1.79. The molecule has 0 aromatic carbocycles. The van der Waals surface area contributed by atoms with E-state index in [2.05, 4.69) is 11.4 Å². The minimum Gasteiger partial charge on any atom is -0.332 e. The van der Waals surface area contributed by atoms with E-state index in [1.54, 1.807) is 18.3 Å². The Morgan fingerprint density at radius 2 is 2.09 bits per heavy atom. The number of carbonyl (C=O) groups excluding carboxylic acids is 2. The van der Waals surface area contributed by atoms with Crippen molar-refractivity contribution >= 4 is 28.2 Å². The highest BCUT2D eigenvalue weighted by Crippen LogP contribution is 2.38. The van der Waals surface area contributed by atoms with E-state index < -0.39 is 0 Å². The lowest BCUT2D eigenvalue weighted by Gasteiger charge is -2.31. The molecule has 0 unspecified atom stereocenters. The van der Waals surface area contributed by atoms with Crippen molar-refractivity contribution in [2.45, 2.75) is 26.2 Å². The summed E-state index contributed by atoms with van der Waals surface area (Å²) >= 11 is 1.55. The van der Waals surface area contributed by atoms with Crippen LogP contribution in [0.1, 0.15) is 29.3 Å². The molecule has 2 heterocycles. The van der Waals surface area contributed by atoms with E-state index >= 15 is 0 Å². The van der Waals surface area contributed by atoms with Crippen LogP contribution in [0.3, 0.4) is 0 Å². The molecule has 0 radical (unpaired) electrons. The van der Waals surface area contributed by atoms with Gasteiger partial charge in [-0.25, -0.2) is 0 Å². The minimum absolute atomic E-state index is 0.0484. The van der Waals surface area contributed by atoms with Crippen molar-refractivity contribution in [2.24, 2.45) is 0 Å². The summed E-state index contributed by atoms with van der Waals surface area (Å²) in [6.45, 7) is 4.96. The van der Waals surface area contributed by atoms with Crippen molar-refractivity contribution in [3.05, 3.63) is 16.0 Å². The highest BCUT2D eigenvalue weighted by atomic mass is 32.1. The largest absolute Gasteiger partial charge is 0.332 e. The maximum absolute atomic E-state index is 12.3. The number of anilines is 1. The molecule has 23 heavy (non-hydrogen) atoms. The standard InChI is InChI=1S/C16H20N4O2S/c1-11(21)20-7-5-19(6-8-20)10-15(22)18-16-13(9-17)12-3-2-4-14(12)23-16/h2-8,10H2,1H3,(H,18,22)/p+1. The number of hydrogen-bond acceptors (Lipinski definition) is 4. The third-order valence-electron chi connectivity index (χ3n) is 4.61. The molecule has 1 aliphatic carbocycles. The van der Waals surface area contributed by atoms with Crippen LogP contribution in [0, 0.1) is 11.3 Å². The predicted molar refractivity (Wildman–Crippen MR) is 87.5 cm³/mol. The number of amides is 2. The number of rotatable bonds is 3. The smallest absolute Gasteiger partial charge is 0.280 e. The van der Waals surface area contributed by atoms with E-state index in [9.17, 15) is 14.9 Å². The summed E-state index contributed by atoms with van der Waals surface area (Å²) in [6, 6.07) is 2.25. The van der Waals surface area contributed by atoms with Crippen LogP contribution in [-0.2, 0) is 22.4 Å². The van der Waals surface area contributed by atoms with Gasteiger partial charge in [0.15, 0.2) is 6.54 Å². The second kappa shape index (κ2) is 6.69. The SMILES string of the molecule is CC(=O)N1CC[NH+](CC(=O)Nc2sc3c(c2C#N)CCC3)CC1. The zero-order valence-electron chi connectivity index (χ0n) is 13.3. The van der Waals surface area contributed by atoms with Crippen LogP contribution < -0.4 is 10.2 Å². The molecule has 3 rings (SSSR count). The average molecular weight is 333 g/mol. The lowest BCUT2D eigenvalue weighted by molar-refractivity contribution is -0.895. The number of nitrogens with one attached hydrogen (secondary N) is 2. The van der Waals surface area contributed by atoms with Crippen LogP contribution >= 0.6 is 11.3 Å². The summed E-state index contributed by atoms with van der Waals surface area (Å²) < 4.78 is 0. The summed E-state index contributed by atoms with van der Waals surface area (Å²) in [7, 11) is 0. The van der Waals surface area contributed by atoms with Gasteiger partial charge in [-0.1, -0.05) is 0 Å². The Labute approximate surface area is 139 Å². The molecular weight excluding hydrogens is 312 g/mol. The number of fused-ring (bicyclic) bond motifs is 1. The number of piperazine rings is 1. The molecule has 2 amide bonds. The quantitative estimate of drug-likeness (QED) is 0.804. The van der Waals surface area contributed by atoms with Crippen molar-refractivity contribution in [1.82, 2.24) is 4.90 Å². The van der Waals surface area contributed by atoms with Crippen LogP contribution in [0.25, 0.3) is 0 Å². The molecule has 0 bridgehead atoms. The molecule has 1 aliphatic heterocycles. The number of carbonyl (C=O) groups is 2. The highest BCUT2D eigenvalue weighted by molar-refractivity contribution is 7.16. The molecule has 0 saturated carbocycles. The molecule has 0 spiro atoms. The lowest BCUT2D eigenvalue weighted by Crippen LogP contribution is -3.15. The van der Waals surface area contributed by atoms with E-state index in [0.29, 0.717) is 30.2 Å². The van der Waals surface area contributed by atoms with E-state index in [1.807, 2.05) is 4.90 Å². The van der Waals surface area contributed by atoms with Gasteiger partial charge in [-0.05, 0) is 24.8 Å².